The van der Waals surface area contributed by atoms with Gasteiger partial charge in [-0.05, 0) is 63.8 Å². The van der Waals surface area contributed by atoms with E-state index >= 15 is 0 Å². The molecule has 0 atom stereocenters. The second-order valence-corrected chi connectivity index (χ2v) is 8.34. The Morgan fingerprint density at radius 1 is 1.16 bits per heavy atom. The summed E-state index contributed by atoms with van der Waals surface area (Å²) in [5.41, 5.74) is -1.12. The van der Waals surface area contributed by atoms with Gasteiger partial charge in [0.05, 0.1) is 5.56 Å². The molecule has 2 rings (SSSR count). The molecule has 1 saturated heterocycles. The van der Waals surface area contributed by atoms with Gasteiger partial charge in [-0.25, -0.2) is 4.79 Å². The number of benzene rings is 1. The molecule has 0 unspecified atom stereocenters. The lowest BCUT2D eigenvalue weighted by Crippen LogP contribution is -2.42. The Labute approximate surface area is 150 Å². The topological polar surface area (TPSA) is 29.5 Å². The maximum absolute atomic E-state index is 12.6. The van der Waals surface area contributed by atoms with Crippen molar-refractivity contribution in [1.82, 2.24) is 4.90 Å². The van der Waals surface area contributed by atoms with E-state index in [1.807, 2.05) is 20.8 Å². The highest BCUT2D eigenvalue weighted by Gasteiger charge is 2.30. The third-order valence-corrected chi connectivity index (χ3v) is 5.18. The van der Waals surface area contributed by atoms with E-state index in [9.17, 15) is 18.0 Å². The number of ether oxygens (including phenoxy) is 1. The van der Waals surface area contributed by atoms with Crippen molar-refractivity contribution < 1.29 is 22.7 Å². The monoisotopic (exact) mass is 375 g/mol. The van der Waals surface area contributed by atoms with E-state index in [1.165, 1.54) is 12.1 Å². The molecule has 7 heteroatoms. The normalized spacial score (nSPS) is 16.8. The van der Waals surface area contributed by atoms with Crippen LogP contribution in [-0.2, 0) is 10.9 Å². The number of hydrogen-bond acceptors (Lipinski definition) is 3. The van der Waals surface area contributed by atoms with Crippen LogP contribution in [0.15, 0.2) is 29.2 Å². The first-order chi connectivity index (χ1) is 11.5. The molecule has 0 aliphatic carbocycles. The van der Waals surface area contributed by atoms with E-state index in [2.05, 4.69) is 0 Å². The fourth-order valence-electron chi connectivity index (χ4n) is 2.56. The molecule has 3 nitrogen and oxygen atoms in total. The summed E-state index contributed by atoms with van der Waals surface area (Å²) >= 11 is 1.56. The number of alkyl halides is 3. The summed E-state index contributed by atoms with van der Waals surface area (Å²) in [4.78, 5) is 14.6. The largest absolute Gasteiger partial charge is 0.444 e. The number of carbonyl (C=O) groups excluding carboxylic acids is 1. The van der Waals surface area contributed by atoms with Crippen LogP contribution in [0.4, 0.5) is 18.0 Å². The molecule has 1 amide bonds. The third kappa shape index (κ3) is 6.45. The fraction of sp³-hybridized carbons (Fsp3) is 0.611. The summed E-state index contributed by atoms with van der Waals surface area (Å²) in [7, 11) is 0. The zero-order valence-corrected chi connectivity index (χ0v) is 15.5. The van der Waals surface area contributed by atoms with Crippen molar-refractivity contribution in [3.8, 4) is 0 Å². The molecule has 0 N–H and O–H groups in total. The maximum atomic E-state index is 12.6. The molecule has 25 heavy (non-hydrogen) atoms. The summed E-state index contributed by atoms with van der Waals surface area (Å²) < 4.78 is 43.0. The fourth-order valence-corrected chi connectivity index (χ4v) is 3.65. The van der Waals surface area contributed by atoms with Gasteiger partial charge in [-0.1, -0.05) is 0 Å². The van der Waals surface area contributed by atoms with Crippen molar-refractivity contribution in [3.05, 3.63) is 29.8 Å². The molecule has 1 aliphatic rings. The molecule has 0 spiro atoms. The summed E-state index contributed by atoms with van der Waals surface area (Å²) in [6, 6.07) is 5.27. The number of likely N-dealkylation sites (tertiary alicyclic amines) is 1. The Kier molecular flexibility index (Phi) is 6.30. The first-order valence-electron chi connectivity index (χ1n) is 8.32. The third-order valence-electron chi connectivity index (χ3n) is 3.93. The van der Waals surface area contributed by atoms with Gasteiger partial charge in [0.2, 0.25) is 0 Å². The Balaban J connectivity index is 1.76. The maximum Gasteiger partial charge on any atom is 0.416 e. The van der Waals surface area contributed by atoms with Crippen molar-refractivity contribution in [2.75, 3.05) is 18.8 Å². The van der Waals surface area contributed by atoms with Crippen LogP contribution in [0.1, 0.15) is 39.2 Å². The van der Waals surface area contributed by atoms with Gasteiger partial charge in [-0.15, -0.1) is 11.8 Å². The number of carbonyl (C=O) groups is 1. The van der Waals surface area contributed by atoms with Gasteiger partial charge in [0.25, 0.3) is 0 Å². The van der Waals surface area contributed by atoms with E-state index in [0.29, 0.717) is 19.0 Å². The standard InChI is InChI=1S/C18H24F3NO2S/c1-17(2,3)24-16(23)22-10-8-13(9-11-22)12-25-15-6-4-14(5-7-15)18(19,20)21/h4-7,13H,8-12H2,1-3H3. The van der Waals surface area contributed by atoms with Gasteiger partial charge in [0.1, 0.15) is 5.60 Å². The second kappa shape index (κ2) is 7.89. The van der Waals surface area contributed by atoms with Crippen molar-refractivity contribution in [2.45, 2.75) is 50.3 Å². The lowest BCUT2D eigenvalue weighted by atomic mass is 9.99. The van der Waals surface area contributed by atoms with Gasteiger partial charge < -0.3 is 9.64 Å². The average Bonchev–Trinajstić information content (AvgIpc) is 2.51. The summed E-state index contributed by atoms with van der Waals surface area (Å²) in [5.74, 6) is 1.29. The van der Waals surface area contributed by atoms with Gasteiger partial charge in [0, 0.05) is 23.7 Å². The molecule has 0 bridgehead atoms. The predicted octanol–water partition coefficient (Wildman–Crippen LogP) is 5.44. The van der Waals surface area contributed by atoms with Gasteiger partial charge in [-0.2, -0.15) is 13.2 Å². The molecular weight excluding hydrogens is 351 g/mol. The van der Waals surface area contributed by atoms with Crippen LogP contribution in [0.25, 0.3) is 0 Å². The Morgan fingerprint density at radius 2 is 1.72 bits per heavy atom. The van der Waals surface area contributed by atoms with E-state index < -0.39 is 17.3 Å². The Hall–Kier alpha value is -1.37. The quantitative estimate of drug-likeness (QED) is 0.659. The lowest BCUT2D eigenvalue weighted by molar-refractivity contribution is -0.137. The van der Waals surface area contributed by atoms with Crippen molar-refractivity contribution in [3.63, 3.8) is 0 Å². The van der Waals surface area contributed by atoms with Crippen LogP contribution in [0.5, 0.6) is 0 Å². The van der Waals surface area contributed by atoms with Gasteiger partial charge in [-0.3, -0.25) is 0 Å². The molecule has 0 saturated carbocycles. The van der Waals surface area contributed by atoms with Crippen LogP contribution in [0, 0.1) is 5.92 Å². The van der Waals surface area contributed by atoms with E-state index in [4.69, 9.17) is 4.74 Å². The molecule has 0 radical (unpaired) electrons. The number of thioether (sulfide) groups is 1. The number of amides is 1. The van der Waals surface area contributed by atoms with Gasteiger partial charge >= 0.3 is 12.3 Å². The summed E-state index contributed by atoms with van der Waals surface area (Å²) in [6.45, 7) is 6.86. The van der Waals surface area contributed by atoms with Crippen LogP contribution in [0.3, 0.4) is 0 Å². The van der Waals surface area contributed by atoms with Crippen molar-refractivity contribution >= 4 is 17.9 Å². The smallest absolute Gasteiger partial charge is 0.416 e. The first kappa shape index (κ1) is 19.9. The highest BCUT2D eigenvalue weighted by Crippen LogP contribution is 2.32. The Bertz CT molecular complexity index is 573. The zero-order chi connectivity index (χ0) is 18.7. The number of halogens is 3. The van der Waals surface area contributed by atoms with E-state index in [1.54, 1.807) is 16.7 Å². The van der Waals surface area contributed by atoms with Crippen molar-refractivity contribution in [2.24, 2.45) is 5.92 Å². The molecule has 1 aliphatic heterocycles. The predicted molar refractivity (Wildman–Crippen MR) is 92.7 cm³/mol. The minimum atomic E-state index is -4.29. The summed E-state index contributed by atoms with van der Waals surface area (Å²) in [5, 5.41) is 0. The number of rotatable bonds is 3. The average molecular weight is 375 g/mol. The Morgan fingerprint density at radius 3 is 2.20 bits per heavy atom. The number of piperidine rings is 1. The molecule has 1 fully saturated rings. The molecule has 0 aromatic heterocycles. The van der Waals surface area contributed by atoms with Crippen molar-refractivity contribution in [1.29, 1.82) is 0 Å². The van der Waals surface area contributed by atoms with E-state index in [-0.39, 0.29) is 6.09 Å². The highest BCUT2D eigenvalue weighted by molar-refractivity contribution is 7.99. The molecule has 1 aromatic rings. The SMILES string of the molecule is CC(C)(C)OC(=O)N1CCC(CSc2ccc(C(F)(F)F)cc2)CC1. The summed E-state index contributed by atoms with van der Waals surface area (Å²) in [6.07, 6.45) is -2.81. The van der Waals surface area contributed by atoms with Crippen LogP contribution >= 0.6 is 11.8 Å². The van der Waals surface area contributed by atoms with Crippen LogP contribution < -0.4 is 0 Å². The highest BCUT2D eigenvalue weighted by atomic mass is 32.2. The second-order valence-electron chi connectivity index (χ2n) is 7.24. The zero-order valence-electron chi connectivity index (χ0n) is 14.7. The molecule has 1 aromatic carbocycles. The minimum absolute atomic E-state index is 0.277. The molecular formula is C18H24F3NO2S. The van der Waals surface area contributed by atoms with Crippen LogP contribution in [-0.4, -0.2) is 35.4 Å². The minimum Gasteiger partial charge on any atom is -0.444 e. The number of nitrogens with zero attached hydrogens (tertiary/aromatic N) is 1. The molecule has 1 heterocycles. The van der Waals surface area contributed by atoms with Crippen LogP contribution in [0.2, 0.25) is 0 Å². The molecule has 140 valence electrons. The first-order valence-corrected chi connectivity index (χ1v) is 9.31. The number of hydrogen-bond donors (Lipinski definition) is 0. The van der Waals surface area contributed by atoms with E-state index in [0.717, 1.165) is 35.6 Å². The van der Waals surface area contributed by atoms with Gasteiger partial charge in [0.15, 0.2) is 0 Å². The lowest BCUT2D eigenvalue weighted by Gasteiger charge is -2.33.